The van der Waals surface area contributed by atoms with Crippen LogP contribution in [0.5, 0.6) is 0 Å². The van der Waals surface area contributed by atoms with Crippen molar-refractivity contribution in [2.75, 3.05) is 0 Å². The summed E-state index contributed by atoms with van der Waals surface area (Å²) in [6.07, 6.45) is -0.838. The third-order valence-electron chi connectivity index (χ3n) is 3.54. The van der Waals surface area contributed by atoms with Gasteiger partial charge in [-0.15, -0.1) is 22.7 Å². The Bertz CT molecular complexity index is 833. The van der Waals surface area contributed by atoms with Crippen molar-refractivity contribution in [2.24, 2.45) is 7.05 Å². The molecule has 0 aliphatic carbocycles. The van der Waals surface area contributed by atoms with E-state index in [1.165, 1.54) is 0 Å². The van der Waals surface area contributed by atoms with Crippen LogP contribution in [-0.4, -0.2) is 22.5 Å². The molecule has 0 saturated heterocycles. The summed E-state index contributed by atoms with van der Waals surface area (Å²) in [7, 11) is 1.81. The highest BCUT2D eigenvalue weighted by atomic mass is 32.1. The number of hydrogen-bond donors (Lipinski definition) is 1. The van der Waals surface area contributed by atoms with Gasteiger partial charge in [-0.3, -0.25) is 4.79 Å². The van der Waals surface area contributed by atoms with Crippen molar-refractivity contribution in [2.45, 2.75) is 19.6 Å². The number of nitrogens with zero attached hydrogens (tertiary/aromatic N) is 1. The number of carbonyl (C=O) groups is 2. The van der Waals surface area contributed by atoms with Crippen LogP contribution in [0.25, 0.3) is 10.2 Å². The number of amides is 1. The van der Waals surface area contributed by atoms with E-state index in [0.717, 1.165) is 15.1 Å². The molecule has 3 aromatic heterocycles. The molecule has 3 aromatic rings. The van der Waals surface area contributed by atoms with Gasteiger partial charge < -0.3 is 14.6 Å². The van der Waals surface area contributed by atoms with E-state index in [1.807, 2.05) is 36.0 Å². The lowest BCUT2D eigenvalue weighted by molar-refractivity contribution is -0.129. The first-order valence-corrected chi connectivity index (χ1v) is 8.86. The summed E-state index contributed by atoms with van der Waals surface area (Å²) < 4.78 is 8.09. The van der Waals surface area contributed by atoms with Gasteiger partial charge in [0.2, 0.25) is 0 Å². The number of hydrogen-bond acceptors (Lipinski definition) is 5. The minimum atomic E-state index is -0.838. The SMILES string of the molecule is C[C@H](OC(=O)c1cc2sccc2n1C)C(=O)NCc1cccs1. The number of nitrogens with one attached hydrogen (secondary N) is 1. The minimum Gasteiger partial charge on any atom is -0.448 e. The van der Waals surface area contributed by atoms with Gasteiger partial charge in [-0.1, -0.05) is 6.07 Å². The molecule has 0 aromatic carbocycles. The maximum absolute atomic E-state index is 12.3. The number of aryl methyl sites for hydroxylation is 1. The molecular formula is C16H16N2O3S2. The van der Waals surface area contributed by atoms with E-state index in [1.54, 1.807) is 40.2 Å². The first-order chi connectivity index (χ1) is 11.1. The predicted octanol–water partition coefficient (Wildman–Crippen LogP) is 3.16. The predicted molar refractivity (Wildman–Crippen MR) is 91.8 cm³/mol. The molecule has 0 bridgehead atoms. The van der Waals surface area contributed by atoms with Crippen molar-refractivity contribution < 1.29 is 14.3 Å². The second-order valence-electron chi connectivity index (χ2n) is 5.10. The van der Waals surface area contributed by atoms with Crippen molar-refractivity contribution in [3.63, 3.8) is 0 Å². The van der Waals surface area contributed by atoms with E-state index in [2.05, 4.69) is 5.32 Å². The van der Waals surface area contributed by atoms with Gasteiger partial charge in [0.15, 0.2) is 6.10 Å². The number of ether oxygens (including phenoxy) is 1. The van der Waals surface area contributed by atoms with Crippen LogP contribution in [0.1, 0.15) is 22.3 Å². The van der Waals surface area contributed by atoms with Gasteiger partial charge in [0.25, 0.3) is 5.91 Å². The number of esters is 1. The Labute approximate surface area is 141 Å². The molecule has 0 unspecified atom stereocenters. The Balaban J connectivity index is 1.61. The molecule has 7 heteroatoms. The summed E-state index contributed by atoms with van der Waals surface area (Å²) in [6, 6.07) is 7.61. The largest absolute Gasteiger partial charge is 0.448 e. The molecule has 1 N–H and O–H groups in total. The summed E-state index contributed by atoms with van der Waals surface area (Å²) in [6.45, 7) is 2.02. The fraction of sp³-hybridized carbons (Fsp3) is 0.250. The second kappa shape index (κ2) is 6.55. The molecule has 0 radical (unpaired) electrons. The molecule has 3 rings (SSSR count). The third-order valence-corrected chi connectivity index (χ3v) is 5.27. The second-order valence-corrected chi connectivity index (χ2v) is 7.08. The van der Waals surface area contributed by atoms with Crippen LogP contribution >= 0.6 is 22.7 Å². The monoisotopic (exact) mass is 348 g/mol. The van der Waals surface area contributed by atoms with Gasteiger partial charge in [0.1, 0.15) is 5.69 Å². The van der Waals surface area contributed by atoms with Crippen molar-refractivity contribution in [1.82, 2.24) is 9.88 Å². The Morgan fingerprint density at radius 1 is 1.30 bits per heavy atom. The number of fused-ring (bicyclic) bond motifs is 1. The molecule has 3 heterocycles. The number of aromatic nitrogens is 1. The Morgan fingerprint density at radius 3 is 2.83 bits per heavy atom. The summed E-state index contributed by atoms with van der Waals surface area (Å²) in [5.74, 6) is -0.794. The third kappa shape index (κ3) is 3.30. The normalized spacial score (nSPS) is 12.3. The molecule has 0 fully saturated rings. The highest BCUT2D eigenvalue weighted by Gasteiger charge is 2.21. The Morgan fingerprint density at radius 2 is 2.13 bits per heavy atom. The molecule has 5 nitrogen and oxygen atoms in total. The lowest BCUT2D eigenvalue weighted by Gasteiger charge is -2.13. The fourth-order valence-electron chi connectivity index (χ4n) is 2.25. The van der Waals surface area contributed by atoms with Gasteiger partial charge in [0, 0.05) is 11.9 Å². The Hall–Kier alpha value is -2.12. The van der Waals surface area contributed by atoms with Crippen LogP contribution < -0.4 is 5.32 Å². The Kier molecular flexibility index (Phi) is 4.49. The lowest BCUT2D eigenvalue weighted by atomic mass is 10.3. The maximum atomic E-state index is 12.3. The van der Waals surface area contributed by atoms with E-state index in [-0.39, 0.29) is 5.91 Å². The van der Waals surface area contributed by atoms with E-state index in [9.17, 15) is 9.59 Å². The van der Waals surface area contributed by atoms with Crippen molar-refractivity contribution in [3.05, 3.63) is 45.6 Å². The van der Waals surface area contributed by atoms with E-state index in [0.29, 0.717) is 12.2 Å². The van der Waals surface area contributed by atoms with E-state index < -0.39 is 12.1 Å². The summed E-state index contributed by atoms with van der Waals surface area (Å²) >= 11 is 3.13. The summed E-state index contributed by atoms with van der Waals surface area (Å²) in [5, 5.41) is 6.69. The molecule has 1 atom stereocenters. The average molecular weight is 348 g/mol. The lowest BCUT2D eigenvalue weighted by Crippen LogP contribution is -2.35. The molecule has 0 spiro atoms. The van der Waals surface area contributed by atoms with Crippen LogP contribution in [0.3, 0.4) is 0 Å². The maximum Gasteiger partial charge on any atom is 0.355 e. The van der Waals surface area contributed by atoms with Crippen LogP contribution in [0.15, 0.2) is 35.0 Å². The zero-order valence-electron chi connectivity index (χ0n) is 12.7. The summed E-state index contributed by atoms with van der Waals surface area (Å²) in [5.41, 5.74) is 1.43. The molecule has 120 valence electrons. The first kappa shape index (κ1) is 15.8. The fourth-order valence-corrected chi connectivity index (χ4v) is 3.75. The number of carbonyl (C=O) groups excluding carboxylic acids is 2. The van der Waals surface area contributed by atoms with Gasteiger partial charge >= 0.3 is 5.97 Å². The molecule has 0 saturated carbocycles. The van der Waals surface area contributed by atoms with Gasteiger partial charge in [-0.2, -0.15) is 0 Å². The van der Waals surface area contributed by atoms with E-state index in [4.69, 9.17) is 4.74 Å². The topological polar surface area (TPSA) is 60.3 Å². The standard InChI is InChI=1S/C16H16N2O3S2/c1-10(15(19)17-9-11-4-3-6-22-11)21-16(20)13-8-14-12(18(13)2)5-7-23-14/h3-8,10H,9H2,1-2H3,(H,17,19)/t10-/m0/s1. The van der Waals surface area contributed by atoms with Gasteiger partial charge in [0.05, 0.1) is 16.8 Å². The number of rotatable bonds is 5. The highest BCUT2D eigenvalue weighted by molar-refractivity contribution is 7.17. The molecule has 1 amide bonds. The first-order valence-electron chi connectivity index (χ1n) is 7.10. The summed E-state index contributed by atoms with van der Waals surface area (Å²) in [4.78, 5) is 25.3. The minimum absolute atomic E-state index is 0.303. The zero-order chi connectivity index (χ0) is 16.4. The van der Waals surface area contributed by atoms with Crippen molar-refractivity contribution in [3.8, 4) is 0 Å². The van der Waals surface area contributed by atoms with E-state index >= 15 is 0 Å². The van der Waals surface area contributed by atoms with Crippen LogP contribution in [0.4, 0.5) is 0 Å². The molecule has 0 aliphatic rings. The quantitative estimate of drug-likeness (QED) is 0.721. The molecular weight excluding hydrogens is 332 g/mol. The smallest absolute Gasteiger partial charge is 0.355 e. The van der Waals surface area contributed by atoms with Crippen LogP contribution in [-0.2, 0) is 23.1 Å². The highest BCUT2D eigenvalue weighted by Crippen LogP contribution is 2.24. The molecule has 23 heavy (non-hydrogen) atoms. The van der Waals surface area contributed by atoms with Crippen molar-refractivity contribution in [1.29, 1.82) is 0 Å². The average Bonchev–Trinajstić information content (AvgIpc) is 3.23. The van der Waals surface area contributed by atoms with Gasteiger partial charge in [-0.05, 0) is 35.9 Å². The van der Waals surface area contributed by atoms with Gasteiger partial charge in [-0.25, -0.2) is 4.79 Å². The number of thiophene rings is 2. The van der Waals surface area contributed by atoms with Crippen LogP contribution in [0.2, 0.25) is 0 Å². The van der Waals surface area contributed by atoms with Crippen LogP contribution in [0, 0.1) is 0 Å². The zero-order valence-corrected chi connectivity index (χ0v) is 14.4. The van der Waals surface area contributed by atoms with Crippen molar-refractivity contribution >= 4 is 44.8 Å². The molecule has 0 aliphatic heterocycles.